The van der Waals surface area contributed by atoms with Crippen LogP contribution in [0.15, 0.2) is 41.4 Å². The number of carbonyl (C=O) groups excluding carboxylic acids is 2. The highest BCUT2D eigenvalue weighted by Crippen LogP contribution is 2.33. The van der Waals surface area contributed by atoms with Crippen LogP contribution in [0.5, 0.6) is 11.5 Å². The van der Waals surface area contributed by atoms with Crippen LogP contribution < -0.4 is 14.3 Å². The van der Waals surface area contributed by atoms with Crippen molar-refractivity contribution >= 4 is 33.4 Å². The van der Waals surface area contributed by atoms with Crippen molar-refractivity contribution in [3.05, 3.63) is 52.3 Å². The van der Waals surface area contributed by atoms with Gasteiger partial charge in [-0.3, -0.25) is 9.59 Å². The Balaban J connectivity index is 2.07. The molecule has 0 radical (unpaired) electrons. The van der Waals surface area contributed by atoms with Gasteiger partial charge in [-0.25, -0.2) is 0 Å². The number of aryl methyl sites for hydroxylation is 1. The van der Waals surface area contributed by atoms with Crippen molar-refractivity contribution in [3.63, 3.8) is 0 Å². The zero-order chi connectivity index (χ0) is 21.7. The molecule has 1 amide bonds. The van der Waals surface area contributed by atoms with E-state index in [-0.39, 0.29) is 25.5 Å². The fraction of sp³-hybridized carbons (Fsp3) is 0.318. The highest BCUT2D eigenvalue weighted by molar-refractivity contribution is 7.16. The third-order valence-corrected chi connectivity index (χ3v) is 5.48. The van der Waals surface area contributed by atoms with Gasteiger partial charge >= 0.3 is 5.97 Å². The number of fused-ring (bicyclic) bond motifs is 1. The van der Waals surface area contributed by atoms with Crippen molar-refractivity contribution in [2.24, 2.45) is 4.99 Å². The average Bonchev–Trinajstić information content (AvgIpc) is 3.02. The summed E-state index contributed by atoms with van der Waals surface area (Å²) in [5.74, 6) is 0.397. The molecule has 0 N–H and O–H groups in total. The third-order valence-electron chi connectivity index (χ3n) is 4.44. The van der Waals surface area contributed by atoms with E-state index in [1.165, 1.54) is 11.3 Å². The number of rotatable bonds is 7. The second-order valence-electron chi connectivity index (χ2n) is 6.62. The van der Waals surface area contributed by atoms with Crippen LogP contribution in [-0.2, 0) is 27.3 Å². The summed E-state index contributed by atoms with van der Waals surface area (Å²) in [6.07, 6.45) is 0.183. The minimum atomic E-state index is -0.403. The lowest BCUT2D eigenvalue weighted by Crippen LogP contribution is -2.23. The number of methoxy groups -OCH3 is 2. The second kappa shape index (κ2) is 9.58. The summed E-state index contributed by atoms with van der Waals surface area (Å²) in [5.41, 5.74) is 2.69. The normalized spacial score (nSPS) is 11.5. The average molecular weight is 429 g/mol. The van der Waals surface area contributed by atoms with Crippen molar-refractivity contribution < 1.29 is 23.8 Å². The Morgan fingerprint density at radius 2 is 1.83 bits per heavy atom. The van der Waals surface area contributed by atoms with E-state index < -0.39 is 5.97 Å². The predicted molar refractivity (Wildman–Crippen MR) is 115 cm³/mol. The lowest BCUT2D eigenvalue weighted by molar-refractivity contribution is -0.143. The fourth-order valence-electron chi connectivity index (χ4n) is 3.11. The van der Waals surface area contributed by atoms with Crippen LogP contribution in [0, 0.1) is 6.92 Å². The summed E-state index contributed by atoms with van der Waals surface area (Å²) in [6, 6.07) is 11.3. The molecule has 0 unspecified atom stereocenters. The Morgan fingerprint density at radius 1 is 1.10 bits per heavy atom. The largest absolute Gasteiger partial charge is 0.493 e. The smallest absolute Gasteiger partial charge is 0.326 e. The van der Waals surface area contributed by atoms with E-state index in [4.69, 9.17) is 14.2 Å². The van der Waals surface area contributed by atoms with Crippen molar-refractivity contribution in [2.45, 2.75) is 26.8 Å². The maximum absolute atomic E-state index is 12.6. The van der Waals surface area contributed by atoms with E-state index in [1.807, 2.05) is 37.3 Å². The number of benzene rings is 2. The summed E-state index contributed by atoms with van der Waals surface area (Å²) >= 11 is 1.31. The molecule has 0 aliphatic carbocycles. The molecule has 0 fully saturated rings. The Morgan fingerprint density at radius 3 is 2.50 bits per heavy atom. The first-order valence-corrected chi connectivity index (χ1v) is 10.3. The Bertz CT molecular complexity index is 1150. The number of nitrogens with zero attached hydrogens (tertiary/aromatic N) is 2. The molecule has 8 heteroatoms. The number of carbonyl (C=O) groups is 2. The molecule has 1 heterocycles. The van der Waals surface area contributed by atoms with E-state index in [9.17, 15) is 9.59 Å². The van der Waals surface area contributed by atoms with Crippen molar-refractivity contribution in [2.75, 3.05) is 20.8 Å². The van der Waals surface area contributed by atoms with E-state index in [0.717, 1.165) is 15.8 Å². The molecule has 3 aromatic rings. The molecule has 3 rings (SSSR count). The first-order chi connectivity index (χ1) is 14.4. The zero-order valence-electron chi connectivity index (χ0n) is 17.4. The third kappa shape index (κ3) is 4.88. The van der Waals surface area contributed by atoms with E-state index in [1.54, 1.807) is 31.8 Å². The van der Waals surface area contributed by atoms with Gasteiger partial charge in [0.25, 0.3) is 5.91 Å². The van der Waals surface area contributed by atoms with Gasteiger partial charge in [-0.05, 0) is 19.4 Å². The zero-order valence-corrected chi connectivity index (χ0v) is 18.2. The first kappa shape index (κ1) is 21.6. The molecule has 2 aromatic carbocycles. The molecule has 0 aliphatic rings. The molecule has 0 atom stereocenters. The van der Waals surface area contributed by atoms with Gasteiger partial charge in [0.05, 0.1) is 37.5 Å². The minimum Gasteiger partial charge on any atom is -0.493 e. The van der Waals surface area contributed by atoms with Crippen LogP contribution in [0.25, 0.3) is 10.2 Å². The fourth-order valence-corrected chi connectivity index (χ4v) is 4.17. The van der Waals surface area contributed by atoms with Crippen LogP contribution in [0.1, 0.15) is 18.1 Å². The number of hydrogen-bond acceptors (Lipinski definition) is 6. The maximum atomic E-state index is 12.6. The van der Waals surface area contributed by atoms with Crippen LogP contribution in [0.2, 0.25) is 0 Å². The summed E-state index contributed by atoms with van der Waals surface area (Å²) < 4.78 is 18.3. The van der Waals surface area contributed by atoms with Gasteiger partial charge in [-0.2, -0.15) is 4.99 Å². The topological polar surface area (TPSA) is 79.1 Å². The van der Waals surface area contributed by atoms with Crippen LogP contribution in [0.4, 0.5) is 0 Å². The molecular formula is C22H24N2O5S. The summed E-state index contributed by atoms with van der Waals surface area (Å²) in [5, 5.41) is 0. The van der Waals surface area contributed by atoms with Crippen molar-refractivity contribution in [1.29, 1.82) is 0 Å². The number of amides is 1. The number of ether oxygens (including phenoxy) is 3. The SMILES string of the molecule is CCOC(=O)Cn1c(=NC(=O)Cc2cccc(C)c2)sc2cc(OC)c(OC)cc21. The van der Waals surface area contributed by atoms with Crippen LogP contribution in [0.3, 0.4) is 0 Å². The number of esters is 1. The van der Waals surface area contributed by atoms with Crippen molar-refractivity contribution in [1.82, 2.24) is 4.57 Å². The van der Waals surface area contributed by atoms with E-state index in [2.05, 4.69) is 4.99 Å². The predicted octanol–water partition coefficient (Wildman–Crippen LogP) is 3.26. The van der Waals surface area contributed by atoms with Gasteiger partial charge in [-0.15, -0.1) is 0 Å². The molecule has 0 spiro atoms. The van der Waals surface area contributed by atoms with Crippen LogP contribution in [-0.4, -0.2) is 37.3 Å². The molecule has 7 nitrogen and oxygen atoms in total. The second-order valence-corrected chi connectivity index (χ2v) is 7.63. The molecule has 0 aliphatic heterocycles. The Kier molecular flexibility index (Phi) is 6.89. The summed E-state index contributed by atoms with van der Waals surface area (Å²) in [7, 11) is 3.10. The summed E-state index contributed by atoms with van der Waals surface area (Å²) in [6.45, 7) is 3.95. The van der Waals surface area contributed by atoms with Gasteiger partial charge < -0.3 is 18.8 Å². The highest BCUT2D eigenvalue weighted by Gasteiger charge is 2.16. The van der Waals surface area contributed by atoms with E-state index in [0.29, 0.717) is 21.8 Å². The number of aromatic nitrogens is 1. The number of thiazole rings is 1. The molecule has 0 saturated heterocycles. The molecule has 0 saturated carbocycles. The molecular weight excluding hydrogens is 404 g/mol. The highest BCUT2D eigenvalue weighted by atomic mass is 32.1. The molecule has 158 valence electrons. The Labute approximate surface area is 178 Å². The maximum Gasteiger partial charge on any atom is 0.326 e. The number of hydrogen-bond donors (Lipinski definition) is 0. The minimum absolute atomic E-state index is 0.0557. The standard InChI is InChI=1S/C22H24N2O5S/c1-5-29-21(26)13-24-16-11-17(27-3)18(28-4)12-19(16)30-22(24)23-20(25)10-15-8-6-7-14(2)9-15/h6-9,11-12H,5,10,13H2,1-4H3. The monoisotopic (exact) mass is 428 g/mol. The van der Waals surface area contributed by atoms with Crippen LogP contribution >= 0.6 is 11.3 Å². The van der Waals surface area contributed by atoms with Gasteiger partial charge in [-0.1, -0.05) is 41.2 Å². The Hall–Kier alpha value is -3.13. The molecule has 1 aromatic heterocycles. The lowest BCUT2D eigenvalue weighted by atomic mass is 10.1. The van der Waals surface area contributed by atoms with Crippen molar-refractivity contribution in [3.8, 4) is 11.5 Å². The lowest BCUT2D eigenvalue weighted by Gasteiger charge is -2.09. The molecule has 0 bridgehead atoms. The molecule has 30 heavy (non-hydrogen) atoms. The first-order valence-electron chi connectivity index (χ1n) is 9.49. The summed E-state index contributed by atoms with van der Waals surface area (Å²) in [4.78, 5) is 29.5. The van der Waals surface area contributed by atoms with Gasteiger partial charge in [0.1, 0.15) is 6.54 Å². The van der Waals surface area contributed by atoms with Gasteiger partial charge in [0.15, 0.2) is 16.3 Å². The quantitative estimate of drug-likeness (QED) is 0.540. The van der Waals surface area contributed by atoms with Gasteiger partial charge in [0, 0.05) is 12.1 Å². The van der Waals surface area contributed by atoms with Gasteiger partial charge in [0.2, 0.25) is 0 Å². The van der Waals surface area contributed by atoms with E-state index >= 15 is 0 Å².